The third-order valence-electron chi connectivity index (χ3n) is 2.54. The number of nitrogens with one attached hydrogen (secondary N) is 1. The number of aliphatic hydroxyl groups is 1. The maximum absolute atomic E-state index is 10.2. The number of pyridine rings is 1. The highest BCUT2D eigenvalue weighted by molar-refractivity contribution is 5.21. The normalized spacial score (nSPS) is 26.4. The summed E-state index contributed by atoms with van der Waals surface area (Å²) >= 11 is 0. The van der Waals surface area contributed by atoms with E-state index in [9.17, 15) is 5.11 Å². The lowest BCUT2D eigenvalue weighted by atomic mass is 9.98. The molecule has 2 heterocycles. The second kappa shape index (κ2) is 3.55. The number of methoxy groups -OCH3 is 1. The number of ether oxygens (including phenoxy) is 1. The highest BCUT2D eigenvalue weighted by atomic mass is 16.5. The molecule has 0 amide bonds. The van der Waals surface area contributed by atoms with Gasteiger partial charge in [0.15, 0.2) is 0 Å². The molecule has 0 radical (unpaired) electrons. The summed E-state index contributed by atoms with van der Waals surface area (Å²) in [7, 11) is 1.57. The molecule has 14 heavy (non-hydrogen) atoms. The Labute approximate surface area is 82.9 Å². The van der Waals surface area contributed by atoms with Gasteiger partial charge >= 0.3 is 0 Å². The molecule has 1 saturated heterocycles. The minimum atomic E-state index is -0.825. The Kier molecular flexibility index (Phi) is 2.39. The highest BCUT2D eigenvalue weighted by Crippen LogP contribution is 2.26. The zero-order chi connectivity index (χ0) is 10.0. The van der Waals surface area contributed by atoms with E-state index in [1.807, 2.05) is 12.1 Å². The molecule has 0 bridgehead atoms. The Morgan fingerprint density at radius 2 is 2.43 bits per heavy atom. The van der Waals surface area contributed by atoms with Crippen molar-refractivity contribution in [2.75, 3.05) is 20.2 Å². The van der Waals surface area contributed by atoms with Gasteiger partial charge in [-0.05, 0) is 19.0 Å². The Morgan fingerprint density at radius 3 is 3.07 bits per heavy atom. The van der Waals surface area contributed by atoms with Crippen LogP contribution in [0.15, 0.2) is 18.2 Å². The molecule has 1 aromatic rings. The van der Waals surface area contributed by atoms with Crippen LogP contribution in [0.25, 0.3) is 0 Å². The van der Waals surface area contributed by atoms with E-state index in [0.29, 0.717) is 24.5 Å². The van der Waals surface area contributed by atoms with Crippen LogP contribution in [-0.2, 0) is 5.60 Å². The number of hydrogen-bond acceptors (Lipinski definition) is 4. The number of rotatable bonds is 2. The van der Waals surface area contributed by atoms with Crippen LogP contribution >= 0.6 is 0 Å². The van der Waals surface area contributed by atoms with E-state index >= 15 is 0 Å². The number of hydrogen-bond donors (Lipinski definition) is 2. The van der Waals surface area contributed by atoms with Crippen LogP contribution < -0.4 is 10.1 Å². The van der Waals surface area contributed by atoms with E-state index in [4.69, 9.17) is 4.74 Å². The first-order valence-corrected chi connectivity index (χ1v) is 4.69. The van der Waals surface area contributed by atoms with Crippen molar-refractivity contribution in [2.24, 2.45) is 0 Å². The van der Waals surface area contributed by atoms with Gasteiger partial charge in [-0.1, -0.05) is 6.07 Å². The van der Waals surface area contributed by atoms with Crippen LogP contribution in [0.1, 0.15) is 12.1 Å². The van der Waals surface area contributed by atoms with Crippen molar-refractivity contribution >= 4 is 0 Å². The van der Waals surface area contributed by atoms with Crippen LogP contribution in [0.3, 0.4) is 0 Å². The summed E-state index contributed by atoms with van der Waals surface area (Å²) in [5, 5.41) is 13.3. The molecule has 1 atom stereocenters. The molecular weight excluding hydrogens is 180 g/mol. The first kappa shape index (κ1) is 9.43. The molecule has 4 nitrogen and oxygen atoms in total. The van der Waals surface area contributed by atoms with Crippen molar-refractivity contribution in [3.8, 4) is 5.88 Å². The van der Waals surface area contributed by atoms with Gasteiger partial charge in [-0.25, -0.2) is 4.98 Å². The van der Waals surface area contributed by atoms with Crippen molar-refractivity contribution in [1.82, 2.24) is 10.3 Å². The molecule has 2 rings (SSSR count). The quantitative estimate of drug-likeness (QED) is 0.709. The van der Waals surface area contributed by atoms with Crippen molar-refractivity contribution in [1.29, 1.82) is 0 Å². The van der Waals surface area contributed by atoms with Crippen molar-refractivity contribution in [2.45, 2.75) is 12.0 Å². The predicted molar refractivity (Wildman–Crippen MR) is 52.2 cm³/mol. The van der Waals surface area contributed by atoms with Gasteiger partial charge in [0.05, 0.1) is 12.8 Å². The van der Waals surface area contributed by atoms with Crippen LogP contribution in [0.5, 0.6) is 5.88 Å². The van der Waals surface area contributed by atoms with Crippen LogP contribution in [0.4, 0.5) is 0 Å². The Morgan fingerprint density at radius 1 is 1.57 bits per heavy atom. The summed E-state index contributed by atoms with van der Waals surface area (Å²) in [5.41, 5.74) is -0.143. The molecule has 0 aliphatic carbocycles. The first-order valence-electron chi connectivity index (χ1n) is 4.69. The zero-order valence-corrected chi connectivity index (χ0v) is 8.16. The third kappa shape index (κ3) is 1.58. The molecule has 0 aromatic carbocycles. The fourth-order valence-electron chi connectivity index (χ4n) is 1.69. The van der Waals surface area contributed by atoms with Crippen molar-refractivity contribution < 1.29 is 9.84 Å². The van der Waals surface area contributed by atoms with E-state index in [1.54, 1.807) is 13.2 Å². The third-order valence-corrected chi connectivity index (χ3v) is 2.54. The summed E-state index contributed by atoms with van der Waals surface area (Å²) in [6.07, 6.45) is 0.702. The summed E-state index contributed by atoms with van der Waals surface area (Å²) < 4.78 is 5.02. The van der Waals surface area contributed by atoms with E-state index in [2.05, 4.69) is 10.3 Å². The molecule has 2 N–H and O–H groups in total. The Hall–Kier alpha value is -1.13. The lowest BCUT2D eigenvalue weighted by Crippen LogP contribution is -2.29. The SMILES string of the molecule is COc1cccc(C2(O)CCNC2)n1. The molecular formula is C10H14N2O2. The molecule has 0 saturated carbocycles. The summed E-state index contributed by atoms with van der Waals surface area (Å²) in [4.78, 5) is 4.23. The van der Waals surface area contributed by atoms with Gasteiger partial charge < -0.3 is 15.2 Å². The van der Waals surface area contributed by atoms with Crippen molar-refractivity contribution in [3.63, 3.8) is 0 Å². The Balaban J connectivity index is 2.30. The van der Waals surface area contributed by atoms with Crippen LogP contribution in [0, 0.1) is 0 Å². The average Bonchev–Trinajstić information content (AvgIpc) is 2.67. The topological polar surface area (TPSA) is 54.4 Å². The molecule has 4 heteroatoms. The minimum absolute atomic E-state index is 0.544. The van der Waals surface area contributed by atoms with Gasteiger partial charge in [0.1, 0.15) is 5.60 Å². The largest absolute Gasteiger partial charge is 0.481 e. The van der Waals surface area contributed by atoms with E-state index in [1.165, 1.54) is 0 Å². The maximum Gasteiger partial charge on any atom is 0.213 e. The lowest BCUT2D eigenvalue weighted by molar-refractivity contribution is 0.0535. The zero-order valence-electron chi connectivity index (χ0n) is 8.16. The van der Waals surface area contributed by atoms with Gasteiger partial charge in [-0.2, -0.15) is 0 Å². The van der Waals surface area contributed by atoms with Crippen molar-refractivity contribution in [3.05, 3.63) is 23.9 Å². The maximum atomic E-state index is 10.2. The van der Waals surface area contributed by atoms with Gasteiger partial charge in [0.25, 0.3) is 0 Å². The van der Waals surface area contributed by atoms with Gasteiger partial charge in [0.2, 0.25) is 5.88 Å². The highest BCUT2D eigenvalue weighted by Gasteiger charge is 2.34. The second-order valence-electron chi connectivity index (χ2n) is 3.52. The second-order valence-corrected chi connectivity index (χ2v) is 3.52. The molecule has 76 valence electrons. The Bertz CT molecular complexity index is 322. The molecule has 1 aromatic heterocycles. The number of nitrogens with zero attached hydrogens (tertiary/aromatic N) is 1. The monoisotopic (exact) mass is 194 g/mol. The van der Waals surface area contributed by atoms with Gasteiger partial charge in [0, 0.05) is 12.6 Å². The minimum Gasteiger partial charge on any atom is -0.481 e. The molecule has 1 fully saturated rings. The van der Waals surface area contributed by atoms with Crippen LogP contribution in [-0.4, -0.2) is 30.3 Å². The molecule has 1 aliphatic heterocycles. The van der Waals surface area contributed by atoms with Gasteiger partial charge in [-0.15, -0.1) is 0 Å². The molecule has 1 unspecified atom stereocenters. The average molecular weight is 194 g/mol. The lowest BCUT2D eigenvalue weighted by Gasteiger charge is -2.20. The van der Waals surface area contributed by atoms with E-state index in [0.717, 1.165) is 6.54 Å². The fraction of sp³-hybridized carbons (Fsp3) is 0.500. The van der Waals surface area contributed by atoms with E-state index in [-0.39, 0.29) is 0 Å². The molecule has 0 spiro atoms. The summed E-state index contributed by atoms with van der Waals surface area (Å²) in [6.45, 7) is 1.39. The predicted octanol–water partition coefficient (Wildman–Crippen LogP) is 0.271. The van der Waals surface area contributed by atoms with Crippen LogP contribution in [0.2, 0.25) is 0 Å². The number of aromatic nitrogens is 1. The summed E-state index contributed by atoms with van der Waals surface area (Å²) in [6, 6.07) is 5.45. The standard InChI is InChI=1S/C10H14N2O2/c1-14-9-4-2-3-8(12-9)10(13)5-6-11-7-10/h2-4,11,13H,5-7H2,1H3. The smallest absolute Gasteiger partial charge is 0.213 e. The summed E-state index contributed by atoms with van der Waals surface area (Å²) in [5.74, 6) is 0.544. The van der Waals surface area contributed by atoms with Gasteiger partial charge in [-0.3, -0.25) is 0 Å². The first-order chi connectivity index (χ1) is 6.74. The number of β-amino-alcohol motifs (C(OH)–C–C–N with tert-alkyl or cyclic N) is 1. The fourth-order valence-corrected chi connectivity index (χ4v) is 1.69. The molecule has 1 aliphatic rings. The van der Waals surface area contributed by atoms with E-state index < -0.39 is 5.60 Å².